The molecule has 0 spiro atoms. The number of nitrogens with one attached hydrogen (secondary N) is 1. The number of aryl methyl sites for hydroxylation is 2. The van der Waals surface area contributed by atoms with Crippen LogP contribution >= 0.6 is 11.6 Å². The molecule has 6 nitrogen and oxygen atoms in total. The van der Waals surface area contributed by atoms with Crippen LogP contribution in [0.3, 0.4) is 0 Å². The van der Waals surface area contributed by atoms with E-state index in [0.717, 1.165) is 59.4 Å². The molecule has 1 saturated carbocycles. The fourth-order valence-corrected chi connectivity index (χ4v) is 5.32. The minimum absolute atomic E-state index is 0.0422. The first-order valence-electron chi connectivity index (χ1n) is 14.0. The Bertz CT molecular complexity index is 1440. The Hall–Kier alpha value is -3.55. The van der Waals surface area contributed by atoms with E-state index in [0.29, 0.717) is 41.8 Å². The van der Waals surface area contributed by atoms with Crippen molar-refractivity contribution in [1.29, 1.82) is 0 Å². The Morgan fingerprint density at radius 1 is 1.00 bits per heavy atom. The SMILES string of the molecule is COc1ccc(F)c(CN(C(=O)C2=C(c3ccc(OCCOc4cc(C)c(C)cc4Cl)cc3)CCNC2)C2CC2)c1. The minimum Gasteiger partial charge on any atom is -0.497 e. The van der Waals surface area contributed by atoms with Crippen molar-refractivity contribution in [3.8, 4) is 17.2 Å². The summed E-state index contributed by atoms with van der Waals surface area (Å²) >= 11 is 6.30. The molecule has 0 saturated heterocycles. The molecule has 2 aliphatic rings. The number of benzene rings is 3. The second-order valence-corrected chi connectivity index (χ2v) is 11.0. The maximum atomic E-state index is 14.6. The summed E-state index contributed by atoms with van der Waals surface area (Å²) in [5.74, 6) is 1.57. The van der Waals surface area contributed by atoms with E-state index in [2.05, 4.69) is 5.32 Å². The summed E-state index contributed by atoms with van der Waals surface area (Å²) in [6.07, 6.45) is 2.59. The summed E-state index contributed by atoms with van der Waals surface area (Å²) in [5.41, 5.74) is 5.45. The fraction of sp³-hybridized carbons (Fsp3) is 0.364. The number of rotatable bonds is 11. The van der Waals surface area contributed by atoms with E-state index in [4.69, 9.17) is 25.8 Å². The third-order valence-corrected chi connectivity index (χ3v) is 7.97. The highest BCUT2D eigenvalue weighted by Crippen LogP contribution is 2.34. The summed E-state index contributed by atoms with van der Waals surface area (Å²) in [7, 11) is 1.55. The lowest BCUT2D eigenvalue weighted by Crippen LogP contribution is -2.39. The second-order valence-electron chi connectivity index (χ2n) is 10.6. The van der Waals surface area contributed by atoms with Crippen molar-refractivity contribution in [3.63, 3.8) is 0 Å². The monoisotopic (exact) mass is 578 g/mol. The van der Waals surface area contributed by atoms with Crippen molar-refractivity contribution >= 4 is 23.1 Å². The number of carbonyl (C=O) groups is 1. The zero-order valence-electron chi connectivity index (χ0n) is 23.8. The predicted octanol–water partition coefficient (Wildman–Crippen LogP) is 6.50. The van der Waals surface area contributed by atoms with Crippen molar-refractivity contribution in [2.24, 2.45) is 0 Å². The smallest absolute Gasteiger partial charge is 0.251 e. The van der Waals surface area contributed by atoms with Gasteiger partial charge in [-0.1, -0.05) is 23.7 Å². The predicted molar refractivity (Wildman–Crippen MR) is 159 cm³/mol. The molecular weight excluding hydrogens is 543 g/mol. The lowest BCUT2D eigenvalue weighted by molar-refractivity contribution is -0.128. The molecule has 1 fully saturated rings. The molecule has 3 aromatic carbocycles. The number of carbonyl (C=O) groups excluding carboxylic acids is 1. The average molecular weight is 579 g/mol. The third-order valence-electron chi connectivity index (χ3n) is 7.68. The normalized spacial score (nSPS) is 15.0. The number of methoxy groups -OCH3 is 1. The van der Waals surface area contributed by atoms with Crippen LogP contribution in [-0.4, -0.2) is 50.3 Å². The maximum Gasteiger partial charge on any atom is 0.251 e. The van der Waals surface area contributed by atoms with Crippen LogP contribution in [0, 0.1) is 19.7 Å². The van der Waals surface area contributed by atoms with Gasteiger partial charge >= 0.3 is 0 Å². The van der Waals surface area contributed by atoms with Gasteiger partial charge in [0.25, 0.3) is 5.91 Å². The van der Waals surface area contributed by atoms with Crippen LogP contribution in [0.2, 0.25) is 5.02 Å². The molecule has 0 bridgehead atoms. The highest BCUT2D eigenvalue weighted by Gasteiger charge is 2.35. The molecule has 0 atom stereocenters. The van der Waals surface area contributed by atoms with Gasteiger partial charge in [-0.05, 0) is 104 Å². The van der Waals surface area contributed by atoms with Crippen LogP contribution in [0.1, 0.15) is 41.5 Å². The molecule has 0 aromatic heterocycles. The average Bonchev–Trinajstić information content (AvgIpc) is 3.83. The standard InChI is InChI=1S/C33H36ClFN2O4/c1-21-16-30(34)32(17-22(21)2)41-15-14-40-26-8-4-23(5-9-26)28-12-13-36-19-29(28)33(38)37(25-6-7-25)20-24-18-27(39-3)10-11-31(24)35/h4-5,8-11,16-18,25,36H,6-7,12-15,19-20H2,1-3H3. The molecule has 1 aliphatic heterocycles. The molecule has 1 aliphatic carbocycles. The summed E-state index contributed by atoms with van der Waals surface area (Å²) in [4.78, 5) is 15.7. The Morgan fingerprint density at radius 3 is 2.44 bits per heavy atom. The summed E-state index contributed by atoms with van der Waals surface area (Å²) in [5, 5.41) is 3.94. The summed E-state index contributed by atoms with van der Waals surface area (Å²) in [6.45, 7) is 6.26. The van der Waals surface area contributed by atoms with Crippen LogP contribution in [0.5, 0.6) is 17.2 Å². The topological polar surface area (TPSA) is 60.0 Å². The number of hydrogen-bond donors (Lipinski definition) is 1. The van der Waals surface area contributed by atoms with Gasteiger partial charge in [0.1, 0.15) is 36.3 Å². The van der Waals surface area contributed by atoms with E-state index in [1.54, 1.807) is 19.2 Å². The lowest BCUT2D eigenvalue weighted by atomic mass is 9.93. The molecular formula is C33H36ClFN2O4. The molecule has 8 heteroatoms. The summed E-state index contributed by atoms with van der Waals surface area (Å²) in [6, 6.07) is 16.4. The number of amides is 1. The van der Waals surface area contributed by atoms with Gasteiger partial charge in [-0.25, -0.2) is 4.39 Å². The van der Waals surface area contributed by atoms with Gasteiger partial charge in [-0.3, -0.25) is 4.79 Å². The van der Waals surface area contributed by atoms with Crippen molar-refractivity contribution in [2.75, 3.05) is 33.4 Å². The van der Waals surface area contributed by atoms with Gasteiger partial charge in [-0.2, -0.15) is 0 Å². The molecule has 41 heavy (non-hydrogen) atoms. The first-order chi connectivity index (χ1) is 19.8. The van der Waals surface area contributed by atoms with Gasteiger partial charge in [0.2, 0.25) is 0 Å². The van der Waals surface area contributed by atoms with Crippen LogP contribution in [0.25, 0.3) is 5.57 Å². The molecule has 0 radical (unpaired) electrons. The fourth-order valence-electron chi connectivity index (χ4n) is 5.05. The Labute approximate surface area is 246 Å². The van der Waals surface area contributed by atoms with E-state index in [-0.39, 0.29) is 24.3 Å². The van der Waals surface area contributed by atoms with E-state index >= 15 is 0 Å². The largest absolute Gasteiger partial charge is 0.497 e. The van der Waals surface area contributed by atoms with Gasteiger partial charge < -0.3 is 24.4 Å². The van der Waals surface area contributed by atoms with Crippen LogP contribution in [0.4, 0.5) is 4.39 Å². The first-order valence-corrected chi connectivity index (χ1v) is 14.4. The molecule has 1 N–H and O–H groups in total. The molecule has 1 heterocycles. The maximum absolute atomic E-state index is 14.6. The zero-order valence-corrected chi connectivity index (χ0v) is 24.5. The van der Waals surface area contributed by atoms with Crippen molar-refractivity contribution in [1.82, 2.24) is 10.2 Å². The molecule has 5 rings (SSSR count). The quantitative estimate of drug-likeness (QED) is 0.263. The van der Waals surface area contributed by atoms with Crippen LogP contribution in [-0.2, 0) is 11.3 Å². The highest BCUT2D eigenvalue weighted by atomic mass is 35.5. The third kappa shape index (κ3) is 7.03. The van der Waals surface area contributed by atoms with E-state index in [1.165, 1.54) is 6.07 Å². The van der Waals surface area contributed by atoms with Crippen LogP contribution in [0.15, 0.2) is 60.2 Å². The van der Waals surface area contributed by atoms with Crippen molar-refractivity contribution in [3.05, 3.63) is 93.3 Å². The number of hydrogen-bond acceptors (Lipinski definition) is 5. The first kappa shape index (κ1) is 29.0. The van der Waals surface area contributed by atoms with Gasteiger partial charge in [0.05, 0.1) is 12.1 Å². The minimum atomic E-state index is -0.335. The summed E-state index contributed by atoms with van der Waals surface area (Å²) < 4.78 is 31.6. The molecule has 1 amide bonds. The van der Waals surface area contributed by atoms with Gasteiger partial charge in [0.15, 0.2) is 0 Å². The molecule has 3 aromatic rings. The molecule has 0 unspecified atom stereocenters. The lowest BCUT2D eigenvalue weighted by Gasteiger charge is -2.28. The number of halogens is 2. The van der Waals surface area contributed by atoms with Crippen molar-refractivity contribution < 1.29 is 23.4 Å². The van der Waals surface area contributed by atoms with E-state index < -0.39 is 0 Å². The number of ether oxygens (including phenoxy) is 3. The van der Waals surface area contributed by atoms with Crippen molar-refractivity contribution in [2.45, 2.75) is 45.7 Å². The Balaban J connectivity index is 1.26. The second kappa shape index (κ2) is 13.0. The molecule has 216 valence electrons. The van der Waals surface area contributed by atoms with Gasteiger partial charge in [0, 0.05) is 30.3 Å². The van der Waals surface area contributed by atoms with Gasteiger partial charge in [-0.15, -0.1) is 0 Å². The van der Waals surface area contributed by atoms with E-state index in [1.807, 2.05) is 55.1 Å². The van der Waals surface area contributed by atoms with Crippen LogP contribution < -0.4 is 19.5 Å². The number of nitrogens with zero attached hydrogens (tertiary/aromatic N) is 1. The Kier molecular flexibility index (Phi) is 9.15. The zero-order chi connectivity index (χ0) is 28.9. The highest BCUT2D eigenvalue weighted by molar-refractivity contribution is 6.32. The Morgan fingerprint density at radius 2 is 1.71 bits per heavy atom. The van der Waals surface area contributed by atoms with E-state index in [9.17, 15) is 9.18 Å².